The molecule has 2 saturated heterocycles. The number of piperidine rings is 1. The average molecular weight is 303 g/mol. The van der Waals surface area contributed by atoms with Crippen LogP contribution in [0.3, 0.4) is 0 Å². The summed E-state index contributed by atoms with van der Waals surface area (Å²) in [6.45, 7) is 5.82. The summed E-state index contributed by atoms with van der Waals surface area (Å²) in [5.41, 5.74) is 1.59. The summed E-state index contributed by atoms with van der Waals surface area (Å²) in [4.78, 5) is 18.8. The predicted octanol–water partition coefficient (Wildman–Crippen LogP) is 2.23. The highest BCUT2D eigenvalue weighted by atomic mass is 16.5. The standard InChI is InChI=1S/C17H25N3O2/c1-13-4-2-8-20(12-13)14-6-7-16(18-10-14)17(21)19-11-15-5-3-9-22-15/h6-7,10,13,15H,2-5,8-9,11-12H2,1H3,(H,19,21). The molecule has 3 rings (SSSR count). The first-order valence-electron chi connectivity index (χ1n) is 8.33. The Morgan fingerprint density at radius 1 is 1.41 bits per heavy atom. The number of nitrogens with one attached hydrogen (secondary N) is 1. The highest BCUT2D eigenvalue weighted by molar-refractivity contribution is 5.92. The van der Waals surface area contributed by atoms with Crippen LogP contribution < -0.4 is 10.2 Å². The van der Waals surface area contributed by atoms with Gasteiger partial charge >= 0.3 is 0 Å². The first kappa shape index (κ1) is 15.3. The van der Waals surface area contributed by atoms with Crippen molar-refractivity contribution in [3.05, 3.63) is 24.0 Å². The maximum atomic E-state index is 12.1. The van der Waals surface area contributed by atoms with Gasteiger partial charge in [0.15, 0.2) is 0 Å². The number of hydrogen-bond donors (Lipinski definition) is 1. The molecule has 1 aromatic heterocycles. The highest BCUT2D eigenvalue weighted by Crippen LogP contribution is 2.22. The van der Waals surface area contributed by atoms with Gasteiger partial charge in [0.05, 0.1) is 18.0 Å². The molecule has 0 aliphatic carbocycles. The van der Waals surface area contributed by atoms with Crippen molar-refractivity contribution in [1.29, 1.82) is 0 Å². The van der Waals surface area contributed by atoms with Crippen molar-refractivity contribution in [2.45, 2.75) is 38.7 Å². The monoisotopic (exact) mass is 303 g/mol. The molecule has 2 fully saturated rings. The first-order chi connectivity index (χ1) is 10.7. The molecule has 0 radical (unpaired) electrons. The third-order valence-corrected chi connectivity index (χ3v) is 4.52. The molecule has 2 unspecified atom stereocenters. The molecule has 22 heavy (non-hydrogen) atoms. The smallest absolute Gasteiger partial charge is 0.269 e. The van der Waals surface area contributed by atoms with E-state index in [1.54, 1.807) is 0 Å². The Morgan fingerprint density at radius 2 is 2.32 bits per heavy atom. The maximum Gasteiger partial charge on any atom is 0.269 e. The van der Waals surface area contributed by atoms with E-state index in [9.17, 15) is 4.79 Å². The molecule has 1 N–H and O–H groups in total. The van der Waals surface area contributed by atoms with E-state index in [-0.39, 0.29) is 12.0 Å². The lowest BCUT2D eigenvalue weighted by Crippen LogP contribution is -2.34. The van der Waals surface area contributed by atoms with E-state index in [0.717, 1.165) is 44.1 Å². The molecule has 0 bridgehead atoms. The van der Waals surface area contributed by atoms with E-state index in [0.29, 0.717) is 12.2 Å². The van der Waals surface area contributed by atoms with Gasteiger partial charge in [0.25, 0.3) is 5.91 Å². The van der Waals surface area contributed by atoms with Crippen LogP contribution in [0.2, 0.25) is 0 Å². The zero-order valence-electron chi connectivity index (χ0n) is 13.3. The normalized spacial score (nSPS) is 25.2. The number of carbonyl (C=O) groups excluding carboxylic acids is 1. The molecule has 2 aliphatic heterocycles. The van der Waals surface area contributed by atoms with Crippen molar-refractivity contribution in [3.8, 4) is 0 Å². The van der Waals surface area contributed by atoms with Crippen LogP contribution in [0.1, 0.15) is 43.1 Å². The Bertz CT molecular complexity index is 497. The number of aromatic nitrogens is 1. The molecule has 120 valence electrons. The molecule has 1 amide bonds. The van der Waals surface area contributed by atoms with Gasteiger partial charge in [-0.3, -0.25) is 4.79 Å². The summed E-state index contributed by atoms with van der Waals surface area (Å²) >= 11 is 0. The summed E-state index contributed by atoms with van der Waals surface area (Å²) in [7, 11) is 0. The topological polar surface area (TPSA) is 54.5 Å². The van der Waals surface area contributed by atoms with Crippen molar-refractivity contribution in [1.82, 2.24) is 10.3 Å². The molecule has 1 aromatic rings. The molecule has 2 atom stereocenters. The van der Waals surface area contributed by atoms with Crippen LogP contribution in [-0.2, 0) is 4.74 Å². The van der Waals surface area contributed by atoms with Crippen LogP contribution in [0.5, 0.6) is 0 Å². The number of carbonyl (C=O) groups is 1. The summed E-state index contributed by atoms with van der Waals surface area (Å²) < 4.78 is 5.51. The number of amides is 1. The summed E-state index contributed by atoms with van der Waals surface area (Å²) in [5, 5.41) is 2.91. The van der Waals surface area contributed by atoms with Crippen LogP contribution in [0.25, 0.3) is 0 Å². The fourth-order valence-electron chi connectivity index (χ4n) is 3.23. The van der Waals surface area contributed by atoms with Crippen molar-refractivity contribution < 1.29 is 9.53 Å². The van der Waals surface area contributed by atoms with Crippen LogP contribution in [0.15, 0.2) is 18.3 Å². The lowest BCUT2D eigenvalue weighted by atomic mass is 10.00. The Balaban J connectivity index is 1.54. The van der Waals surface area contributed by atoms with Gasteiger partial charge in [0.1, 0.15) is 5.69 Å². The lowest BCUT2D eigenvalue weighted by Gasteiger charge is -2.32. The molecule has 5 nitrogen and oxygen atoms in total. The van der Waals surface area contributed by atoms with Gasteiger partial charge < -0.3 is 15.0 Å². The highest BCUT2D eigenvalue weighted by Gasteiger charge is 2.19. The van der Waals surface area contributed by atoms with Crippen molar-refractivity contribution in [3.63, 3.8) is 0 Å². The Morgan fingerprint density at radius 3 is 3.00 bits per heavy atom. The zero-order chi connectivity index (χ0) is 15.4. The molecule has 2 aliphatic rings. The van der Waals surface area contributed by atoms with E-state index in [4.69, 9.17) is 4.74 Å². The van der Waals surface area contributed by atoms with Gasteiger partial charge in [-0.15, -0.1) is 0 Å². The van der Waals surface area contributed by atoms with E-state index >= 15 is 0 Å². The number of ether oxygens (including phenoxy) is 1. The van der Waals surface area contributed by atoms with Gasteiger partial charge in [0.2, 0.25) is 0 Å². The van der Waals surface area contributed by atoms with Gasteiger partial charge in [0, 0.05) is 26.2 Å². The zero-order valence-corrected chi connectivity index (χ0v) is 13.3. The van der Waals surface area contributed by atoms with E-state index in [1.807, 2.05) is 18.3 Å². The van der Waals surface area contributed by atoms with Crippen molar-refractivity contribution in [2.75, 3.05) is 31.1 Å². The van der Waals surface area contributed by atoms with Crippen LogP contribution in [0.4, 0.5) is 5.69 Å². The van der Waals surface area contributed by atoms with Gasteiger partial charge in [-0.25, -0.2) is 4.98 Å². The Hall–Kier alpha value is -1.62. The molecule has 3 heterocycles. The van der Waals surface area contributed by atoms with E-state index < -0.39 is 0 Å². The quantitative estimate of drug-likeness (QED) is 0.927. The molecule has 0 spiro atoms. The second-order valence-electron chi connectivity index (χ2n) is 6.44. The van der Waals surface area contributed by atoms with Gasteiger partial charge in [-0.2, -0.15) is 0 Å². The molecular formula is C17H25N3O2. The fourth-order valence-corrected chi connectivity index (χ4v) is 3.23. The Labute approximate surface area is 132 Å². The van der Waals surface area contributed by atoms with Crippen LogP contribution in [-0.4, -0.2) is 43.2 Å². The maximum absolute atomic E-state index is 12.1. The molecule has 0 saturated carbocycles. The van der Waals surface area contributed by atoms with Crippen molar-refractivity contribution >= 4 is 11.6 Å². The predicted molar refractivity (Wildman–Crippen MR) is 86.2 cm³/mol. The van der Waals surface area contributed by atoms with Crippen molar-refractivity contribution in [2.24, 2.45) is 5.92 Å². The fraction of sp³-hybridized carbons (Fsp3) is 0.647. The second-order valence-corrected chi connectivity index (χ2v) is 6.44. The minimum Gasteiger partial charge on any atom is -0.376 e. The summed E-state index contributed by atoms with van der Waals surface area (Å²) in [6.07, 6.45) is 6.62. The number of hydrogen-bond acceptors (Lipinski definition) is 4. The third-order valence-electron chi connectivity index (χ3n) is 4.52. The number of rotatable bonds is 4. The van der Waals surface area contributed by atoms with Crippen LogP contribution in [0, 0.1) is 5.92 Å². The third kappa shape index (κ3) is 3.77. The minimum atomic E-state index is -0.117. The summed E-state index contributed by atoms with van der Waals surface area (Å²) in [6, 6.07) is 3.82. The SMILES string of the molecule is CC1CCCN(c2ccc(C(=O)NCC3CCCO3)nc2)C1. The number of pyridine rings is 1. The lowest BCUT2D eigenvalue weighted by molar-refractivity contribution is 0.0853. The minimum absolute atomic E-state index is 0.117. The largest absolute Gasteiger partial charge is 0.376 e. The Kier molecular flexibility index (Phi) is 4.93. The van der Waals surface area contributed by atoms with Gasteiger partial charge in [-0.1, -0.05) is 6.92 Å². The van der Waals surface area contributed by atoms with Crippen LogP contribution >= 0.6 is 0 Å². The van der Waals surface area contributed by atoms with Gasteiger partial charge in [-0.05, 0) is 43.7 Å². The summed E-state index contributed by atoms with van der Waals surface area (Å²) in [5.74, 6) is 0.609. The van der Waals surface area contributed by atoms with E-state index in [1.165, 1.54) is 12.8 Å². The molecular weight excluding hydrogens is 278 g/mol. The number of anilines is 1. The number of nitrogens with zero attached hydrogens (tertiary/aromatic N) is 2. The average Bonchev–Trinajstić information content (AvgIpc) is 3.06. The second kappa shape index (κ2) is 7.09. The molecule has 5 heteroatoms. The first-order valence-corrected chi connectivity index (χ1v) is 8.33. The molecule has 0 aromatic carbocycles. The van der Waals surface area contributed by atoms with E-state index in [2.05, 4.69) is 22.1 Å².